The zero-order valence-electron chi connectivity index (χ0n) is 12.9. The summed E-state index contributed by atoms with van der Waals surface area (Å²) in [5.74, 6) is 0.720. The number of hydrogen-bond acceptors (Lipinski definition) is 7. The quantitative estimate of drug-likeness (QED) is 0.297. The molecule has 118 valence electrons. The first-order valence-electron chi connectivity index (χ1n) is 7.08. The Kier molecular flexibility index (Phi) is 7.38. The lowest BCUT2D eigenvalue weighted by molar-refractivity contribution is 0.205. The Labute approximate surface area is 125 Å². The minimum absolute atomic E-state index is 0.172. The summed E-state index contributed by atoms with van der Waals surface area (Å²) in [6.07, 6.45) is 2.04. The molecule has 1 aromatic heterocycles. The fraction of sp³-hybridized carbons (Fsp3) is 0.692. The van der Waals surface area contributed by atoms with Gasteiger partial charge in [0.25, 0.3) is 0 Å². The second-order valence-corrected chi connectivity index (χ2v) is 4.53. The fourth-order valence-corrected chi connectivity index (χ4v) is 1.88. The molecule has 0 saturated carbocycles. The van der Waals surface area contributed by atoms with E-state index in [1.54, 1.807) is 7.11 Å². The Morgan fingerprint density at radius 3 is 2.52 bits per heavy atom. The SMILES string of the molecule is CCc1nnc(N(CCOC)CCC(N)=NO)nc1CC. The largest absolute Gasteiger partial charge is 0.409 e. The Morgan fingerprint density at radius 1 is 1.24 bits per heavy atom. The predicted octanol–water partition coefficient (Wildman–Crippen LogP) is 0.586. The van der Waals surface area contributed by atoms with Crippen molar-refractivity contribution >= 4 is 11.8 Å². The van der Waals surface area contributed by atoms with E-state index in [-0.39, 0.29) is 5.84 Å². The van der Waals surface area contributed by atoms with E-state index in [4.69, 9.17) is 15.7 Å². The zero-order valence-corrected chi connectivity index (χ0v) is 12.9. The standard InChI is InChI=1S/C13H24N6O2/c1-4-10-11(5-2)16-17-13(15-10)19(8-9-21-3)7-6-12(14)18-20/h20H,4-9H2,1-3H3,(H2,14,18). The molecule has 0 bridgehead atoms. The molecule has 0 amide bonds. The molecule has 0 aliphatic rings. The lowest BCUT2D eigenvalue weighted by Crippen LogP contribution is -2.33. The highest BCUT2D eigenvalue weighted by Crippen LogP contribution is 2.11. The predicted molar refractivity (Wildman–Crippen MR) is 80.7 cm³/mol. The number of anilines is 1. The maximum atomic E-state index is 8.62. The average Bonchev–Trinajstić information content (AvgIpc) is 2.53. The number of nitrogens with two attached hydrogens (primary N) is 1. The molecule has 0 spiro atoms. The number of amidine groups is 1. The summed E-state index contributed by atoms with van der Waals surface area (Å²) >= 11 is 0. The molecular formula is C13H24N6O2. The highest BCUT2D eigenvalue weighted by molar-refractivity contribution is 5.80. The summed E-state index contributed by atoms with van der Waals surface area (Å²) in [6.45, 7) is 5.77. The van der Waals surface area contributed by atoms with E-state index in [9.17, 15) is 0 Å². The molecule has 0 fully saturated rings. The Morgan fingerprint density at radius 2 is 1.95 bits per heavy atom. The van der Waals surface area contributed by atoms with Gasteiger partial charge in [-0.05, 0) is 12.8 Å². The van der Waals surface area contributed by atoms with Crippen LogP contribution in [-0.2, 0) is 17.6 Å². The van der Waals surface area contributed by atoms with E-state index in [1.165, 1.54) is 0 Å². The number of hydrogen-bond donors (Lipinski definition) is 2. The maximum absolute atomic E-state index is 8.62. The Hall–Kier alpha value is -1.96. The van der Waals surface area contributed by atoms with Crippen LogP contribution in [-0.4, -0.2) is 53.0 Å². The lowest BCUT2D eigenvalue weighted by Gasteiger charge is -2.22. The van der Waals surface area contributed by atoms with Crippen LogP contribution in [0.4, 0.5) is 5.95 Å². The normalized spacial score (nSPS) is 11.7. The molecule has 1 rings (SSSR count). The zero-order chi connectivity index (χ0) is 15.7. The van der Waals surface area contributed by atoms with Crippen molar-refractivity contribution in [3.05, 3.63) is 11.4 Å². The summed E-state index contributed by atoms with van der Waals surface area (Å²) in [4.78, 5) is 6.50. The van der Waals surface area contributed by atoms with Crippen molar-refractivity contribution < 1.29 is 9.94 Å². The smallest absolute Gasteiger partial charge is 0.245 e. The second-order valence-electron chi connectivity index (χ2n) is 4.53. The third kappa shape index (κ3) is 5.14. The summed E-state index contributed by atoms with van der Waals surface area (Å²) in [5.41, 5.74) is 7.39. The minimum atomic E-state index is 0.172. The second kappa shape index (κ2) is 9.06. The lowest BCUT2D eigenvalue weighted by atomic mass is 10.2. The van der Waals surface area contributed by atoms with Crippen LogP contribution in [0.25, 0.3) is 0 Å². The van der Waals surface area contributed by atoms with E-state index in [0.29, 0.717) is 32.1 Å². The molecule has 0 unspecified atom stereocenters. The number of rotatable bonds is 9. The summed E-state index contributed by atoms with van der Waals surface area (Å²) < 4.78 is 5.10. The van der Waals surface area contributed by atoms with Crippen molar-refractivity contribution in [2.75, 3.05) is 31.7 Å². The van der Waals surface area contributed by atoms with Crippen LogP contribution in [0.5, 0.6) is 0 Å². The van der Waals surface area contributed by atoms with E-state index < -0.39 is 0 Å². The van der Waals surface area contributed by atoms with Gasteiger partial charge in [0.1, 0.15) is 5.84 Å². The third-order valence-electron chi connectivity index (χ3n) is 3.11. The van der Waals surface area contributed by atoms with Crippen molar-refractivity contribution in [2.24, 2.45) is 10.9 Å². The van der Waals surface area contributed by atoms with Crippen LogP contribution in [0.15, 0.2) is 5.16 Å². The van der Waals surface area contributed by atoms with Gasteiger partial charge in [-0.25, -0.2) is 4.98 Å². The van der Waals surface area contributed by atoms with Crippen molar-refractivity contribution in [3.63, 3.8) is 0 Å². The molecule has 8 nitrogen and oxygen atoms in total. The fourth-order valence-electron chi connectivity index (χ4n) is 1.88. The van der Waals surface area contributed by atoms with Crippen LogP contribution >= 0.6 is 0 Å². The van der Waals surface area contributed by atoms with Crippen molar-refractivity contribution in [1.82, 2.24) is 15.2 Å². The number of aryl methyl sites for hydroxylation is 2. The first-order valence-corrected chi connectivity index (χ1v) is 7.08. The highest BCUT2D eigenvalue weighted by Gasteiger charge is 2.13. The summed E-state index contributed by atoms with van der Waals surface area (Å²) in [6, 6.07) is 0. The Balaban J connectivity index is 2.90. The van der Waals surface area contributed by atoms with Crippen LogP contribution in [0.2, 0.25) is 0 Å². The van der Waals surface area contributed by atoms with Gasteiger partial charge in [0.2, 0.25) is 5.95 Å². The van der Waals surface area contributed by atoms with Crippen LogP contribution in [0, 0.1) is 0 Å². The number of ether oxygens (including phenoxy) is 1. The minimum Gasteiger partial charge on any atom is -0.409 e. The summed E-state index contributed by atoms with van der Waals surface area (Å²) in [7, 11) is 1.64. The van der Waals surface area contributed by atoms with Gasteiger partial charge >= 0.3 is 0 Å². The Bertz CT molecular complexity index is 466. The third-order valence-corrected chi connectivity index (χ3v) is 3.11. The van der Waals surface area contributed by atoms with Crippen molar-refractivity contribution in [3.8, 4) is 0 Å². The topological polar surface area (TPSA) is 110 Å². The van der Waals surface area contributed by atoms with Gasteiger partial charge in [-0.2, -0.15) is 5.10 Å². The highest BCUT2D eigenvalue weighted by atomic mass is 16.5. The summed E-state index contributed by atoms with van der Waals surface area (Å²) in [5, 5.41) is 20.0. The molecule has 21 heavy (non-hydrogen) atoms. The van der Waals surface area contributed by atoms with Gasteiger partial charge < -0.3 is 20.6 Å². The van der Waals surface area contributed by atoms with Crippen LogP contribution in [0.3, 0.4) is 0 Å². The van der Waals surface area contributed by atoms with Gasteiger partial charge in [0, 0.05) is 26.6 Å². The van der Waals surface area contributed by atoms with Crippen LogP contribution < -0.4 is 10.6 Å². The van der Waals surface area contributed by atoms with E-state index >= 15 is 0 Å². The molecule has 0 aliphatic heterocycles. The van der Waals surface area contributed by atoms with E-state index in [2.05, 4.69) is 20.3 Å². The van der Waals surface area contributed by atoms with Gasteiger partial charge in [0.15, 0.2) is 0 Å². The van der Waals surface area contributed by atoms with Gasteiger partial charge in [0.05, 0.1) is 18.0 Å². The van der Waals surface area contributed by atoms with Gasteiger partial charge in [-0.15, -0.1) is 5.10 Å². The molecule has 1 heterocycles. The van der Waals surface area contributed by atoms with Gasteiger partial charge in [-0.3, -0.25) is 0 Å². The number of aromatic nitrogens is 3. The van der Waals surface area contributed by atoms with Crippen molar-refractivity contribution in [1.29, 1.82) is 0 Å². The molecule has 1 aromatic rings. The first kappa shape index (κ1) is 17.1. The molecular weight excluding hydrogens is 272 g/mol. The van der Waals surface area contributed by atoms with Gasteiger partial charge in [-0.1, -0.05) is 19.0 Å². The number of nitrogens with zero attached hydrogens (tertiary/aromatic N) is 5. The molecule has 0 saturated heterocycles. The molecule has 8 heteroatoms. The van der Waals surface area contributed by atoms with Crippen LogP contribution in [0.1, 0.15) is 31.7 Å². The van der Waals surface area contributed by atoms with E-state index in [1.807, 2.05) is 18.7 Å². The number of methoxy groups -OCH3 is 1. The van der Waals surface area contributed by atoms with E-state index in [0.717, 1.165) is 24.2 Å². The molecule has 0 aliphatic carbocycles. The maximum Gasteiger partial charge on any atom is 0.245 e. The molecule has 0 aromatic carbocycles. The average molecular weight is 296 g/mol. The molecule has 3 N–H and O–H groups in total. The molecule has 0 radical (unpaired) electrons. The van der Waals surface area contributed by atoms with Crippen molar-refractivity contribution in [2.45, 2.75) is 33.1 Å². The first-order chi connectivity index (χ1) is 10.2. The molecule has 0 atom stereocenters. The monoisotopic (exact) mass is 296 g/mol. The number of oxime groups is 1.